The Labute approximate surface area is 139 Å². The van der Waals surface area contributed by atoms with Crippen molar-refractivity contribution in [2.45, 2.75) is 51.6 Å². The second-order valence-electron chi connectivity index (χ2n) is 5.94. The van der Waals surface area contributed by atoms with Crippen LogP contribution in [0.3, 0.4) is 0 Å². The fourth-order valence-corrected chi connectivity index (χ4v) is 5.00. The smallest absolute Gasteiger partial charge is 0.0391 e. The van der Waals surface area contributed by atoms with Crippen molar-refractivity contribution < 1.29 is 0 Å². The molecule has 1 aliphatic rings. The van der Waals surface area contributed by atoms with Crippen LogP contribution in [-0.2, 0) is 12.8 Å². The van der Waals surface area contributed by atoms with Crippen LogP contribution < -0.4 is 5.32 Å². The maximum atomic E-state index is 3.74. The quantitative estimate of drug-likeness (QED) is 0.723. The third kappa shape index (κ3) is 3.41. The number of fused-ring (bicyclic) bond motifs is 1. The normalized spacial score (nSPS) is 17.3. The summed E-state index contributed by atoms with van der Waals surface area (Å²) in [7, 11) is 0. The Morgan fingerprint density at radius 3 is 2.62 bits per heavy atom. The van der Waals surface area contributed by atoms with E-state index in [0.717, 1.165) is 0 Å². The van der Waals surface area contributed by atoms with E-state index < -0.39 is 0 Å². The molecule has 3 heteroatoms. The van der Waals surface area contributed by atoms with Crippen LogP contribution in [0.15, 0.2) is 34.8 Å². The molecule has 1 unspecified atom stereocenters. The summed E-state index contributed by atoms with van der Waals surface area (Å²) in [5.41, 5.74) is 2.93. The fraction of sp³-hybridized carbons (Fsp3) is 0.444. The number of nitrogens with one attached hydrogen (secondary N) is 1. The van der Waals surface area contributed by atoms with Crippen LogP contribution in [0.1, 0.15) is 59.7 Å². The number of halogens is 1. The van der Waals surface area contributed by atoms with Gasteiger partial charge < -0.3 is 5.32 Å². The standard InChI is InChI=1S/C18H22BrNS/c1-12(15-8-4-5-9-16(15)19)20-13(2)18-11-14-7-3-6-10-17(14)21-18/h4-5,8-9,11-13,20H,3,6-7,10H2,1-2H3/t12-,13?/m0/s1. The molecule has 21 heavy (non-hydrogen) atoms. The van der Waals surface area contributed by atoms with Crippen LogP contribution in [0.4, 0.5) is 0 Å². The lowest BCUT2D eigenvalue weighted by molar-refractivity contribution is 0.498. The van der Waals surface area contributed by atoms with Crippen molar-refractivity contribution in [2.75, 3.05) is 0 Å². The largest absolute Gasteiger partial charge is 0.303 e. The van der Waals surface area contributed by atoms with Crippen molar-refractivity contribution in [1.82, 2.24) is 5.32 Å². The second-order valence-corrected chi connectivity index (χ2v) is 7.96. The SMILES string of the molecule is CC(N[C@@H](C)c1ccccc1Br)c1cc2c(s1)CCCC2. The molecule has 0 bridgehead atoms. The van der Waals surface area contributed by atoms with Crippen LogP contribution in [0, 0.1) is 0 Å². The Bertz CT molecular complexity index is 596. The highest BCUT2D eigenvalue weighted by Crippen LogP contribution is 2.34. The molecule has 0 aliphatic heterocycles. The van der Waals surface area contributed by atoms with Crippen LogP contribution in [0.25, 0.3) is 0 Å². The summed E-state index contributed by atoms with van der Waals surface area (Å²) >= 11 is 5.66. The van der Waals surface area contributed by atoms with Crippen molar-refractivity contribution in [3.63, 3.8) is 0 Å². The Kier molecular flexibility index (Phi) is 4.82. The average Bonchev–Trinajstić information content (AvgIpc) is 2.91. The number of hydrogen-bond acceptors (Lipinski definition) is 2. The van der Waals surface area contributed by atoms with Gasteiger partial charge in [-0.1, -0.05) is 34.1 Å². The van der Waals surface area contributed by atoms with Crippen molar-refractivity contribution in [1.29, 1.82) is 0 Å². The summed E-state index contributed by atoms with van der Waals surface area (Å²) in [5.74, 6) is 0. The van der Waals surface area contributed by atoms with Crippen molar-refractivity contribution in [2.24, 2.45) is 0 Å². The third-order valence-electron chi connectivity index (χ3n) is 4.31. The minimum atomic E-state index is 0.342. The molecule has 0 saturated carbocycles. The molecule has 1 nitrogen and oxygen atoms in total. The monoisotopic (exact) mass is 363 g/mol. The van der Waals surface area contributed by atoms with E-state index in [2.05, 4.69) is 65.4 Å². The predicted molar refractivity (Wildman–Crippen MR) is 95.1 cm³/mol. The molecule has 0 saturated heterocycles. The lowest BCUT2D eigenvalue weighted by Crippen LogP contribution is -2.22. The zero-order valence-electron chi connectivity index (χ0n) is 12.7. The highest BCUT2D eigenvalue weighted by molar-refractivity contribution is 9.10. The molecular weight excluding hydrogens is 342 g/mol. The molecule has 0 amide bonds. The first-order chi connectivity index (χ1) is 10.1. The van der Waals surface area contributed by atoms with Gasteiger partial charge in [0.05, 0.1) is 0 Å². The van der Waals surface area contributed by atoms with E-state index in [1.54, 1.807) is 10.4 Å². The molecule has 112 valence electrons. The first kappa shape index (κ1) is 15.3. The van der Waals surface area contributed by atoms with E-state index in [-0.39, 0.29) is 0 Å². The maximum Gasteiger partial charge on any atom is 0.0391 e. The van der Waals surface area contributed by atoms with Crippen molar-refractivity contribution in [3.8, 4) is 0 Å². The van der Waals surface area contributed by atoms with Crippen molar-refractivity contribution >= 4 is 27.3 Å². The van der Waals surface area contributed by atoms with Gasteiger partial charge in [-0.25, -0.2) is 0 Å². The third-order valence-corrected chi connectivity index (χ3v) is 6.46. The molecular formula is C18H22BrNS. The molecule has 0 spiro atoms. The number of rotatable bonds is 4. The molecule has 0 fully saturated rings. The zero-order valence-corrected chi connectivity index (χ0v) is 15.1. The first-order valence-corrected chi connectivity index (χ1v) is 9.38. The van der Waals surface area contributed by atoms with Gasteiger partial charge in [0.1, 0.15) is 0 Å². The minimum Gasteiger partial charge on any atom is -0.303 e. The summed E-state index contributed by atoms with van der Waals surface area (Å²) < 4.78 is 1.18. The molecule has 1 aromatic carbocycles. The summed E-state index contributed by atoms with van der Waals surface area (Å²) in [4.78, 5) is 3.11. The predicted octanol–water partition coefficient (Wildman–Crippen LogP) is 5.80. The Balaban J connectivity index is 1.72. The summed E-state index contributed by atoms with van der Waals surface area (Å²) in [5, 5.41) is 3.74. The topological polar surface area (TPSA) is 12.0 Å². The molecule has 1 aliphatic carbocycles. The number of benzene rings is 1. The van der Waals surface area contributed by atoms with Gasteiger partial charge in [-0.3, -0.25) is 0 Å². The van der Waals surface area contributed by atoms with Crippen molar-refractivity contribution in [3.05, 3.63) is 55.7 Å². The van der Waals surface area contributed by atoms with Gasteiger partial charge >= 0.3 is 0 Å². The first-order valence-electron chi connectivity index (χ1n) is 7.77. The van der Waals surface area contributed by atoms with Gasteiger partial charge in [0.15, 0.2) is 0 Å². The van der Waals surface area contributed by atoms with Gasteiger partial charge in [-0.05, 0) is 62.8 Å². The van der Waals surface area contributed by atoms with E-state index in [4.69, 9.17) is 0 Å². The number of aryl methyl sites for hydroxylation is 2. The molecule has 0 radical (unpaired) electrons. The van der Waals surface area contributed by atoms with E-state index in [1.165, 1.54) is 40.6 Å². The fourth-order valence-electron chi connectivity index (χ4n) is 3.10. The Morgan fingerprint density at radius 2 is 1.86 bits per heavy atom. The van der Waals surface area contributed by atoms with Gasteiger partial charge in [-0.2, -0.15) is 0 Å². The number of hydrogen-bond donors (Lipinski definition) is 1. The molecule has 1 N–H and O–H groups in total. The van der Waals surface area contributed by atoms with Crippen LogP contribution >= 0.6 is 27.3 Å². The lowest BCUT2D eigenvalue weighted by Gasteiger charge is -2.20. The number of thiophene rings is 1. The van der Waals surface area contributed by atoms with E-state index >= 15 is 0 Å². The highest BCUT2D eigenvalue weighted by atomic mass is 79.9. The van der Waals surface area contributed by atoms with Crippen LogP contribution in [-0.4, -0.2) is 0 Å². The van der Waals surface area contributed by atoms with Crippen LogP contribution in [0.5, 0.6) is 0 Å². The molecule has 1 heterocycles. The summed E-state index contributed by atoms with van der Waals surface area (Å²) in [6, 6.07) is 11.7. The Morgan fingerprint density at radius 1 is 1.10 bits per heavy atom. The van der Waals surface area contributed by atoms with E-state index in [1.807, 2.05) is 11.3 Å². The zero-order chi connectivity index (χ0) is 14.8. The van der Waals surface area contributed by atoms with Gasteiger partial charge in [0.25, 0.3) is 0 Å². The molecule has 3 rings (SSSR count). The summed E-state index contributed by atoms with van der Waals surface area (Å²) in [6.07, 6.45) is 5.28. The Hall–Kier alpha value is -0.640. The van der Waals surface area contributed by atoms with Gasteiger partial charge in [0.2, 0.25) is 0 Å². The van der Waals surface area contributed by atoms with Crippen LogP contribution in [0.2, 0.25) is 0 Å². The average molecular weight is 364 g/mol. The summed E-state index contributed by atoms with van der Waals surface area (Å²) in [6.45, 7) is 4.52. The minimum absolute atomic E-state index is 0.342. The molecule has 2 atom stereocenters. The van der Waals surface area contributed by atoms with Gasteiger partial charge in [0, 0.05) is 26.3 Å². The van der Waals surface area contributed by atoms with Gasteiger partial charge in [-0.15, -0.1) is 11.3 Å². The highest BCUT2D eigenvalue weighted by Gasteiger charge is 2.18. The maximum absolute atomic E-state index is 3.74. The van der Waals surface area contributed by atoms with E-state index in [0.29, 0.717) is 12.1 Å². The molecule has 2 aromatic rings. The lowest BCUT2D eigenvalue weighted by atomic mass is 9.99. The molecule has 1 aromatic heterocycles. The van der Waals surface area contributed by atoms with E-state index in [9.17, 15) is 0 Å². The second kappa shape index (κ2) is 6.64.